The zero-order valence-corrected chi connectivity index (χ0v) is 20.8. The van der Waals surface area contributed by atoms with Crippen molar-refractivity contribution in [2.45, 2.75) is 43.6 Å². The van der Waals surface area contributed by atoms with Gasteiger partial charge in [-0.25, -0.2) is 0 Å². The Labute approximate surface area is 204 Å². The van der Waals surface area contributed by atoms with Crippen molar-refractivity contribution in [2.24, 2.45) is 5.92 Å². The molecule has 0 radical (unpaired) electrons. The van der Waals surface area contributed by atoms with Crippen LogP contribution in [0.1, 0.15) is 43.7 Å². The first-order chi connectivity index (χ1) is 16.3. The van der Waals surface area contributed by atoms with Crippen LogP contribution in [0.3, 0.4) is 0 Å². The second kappa shape index (κ2) is 10.3. The van der Waals surface area contributed by atoms with Crippen LogP contribution < -0.4 is 0 Å². The number of allylic oxidation sites excluding steroid dienone is 3. The van der Waals surface area contributed by atoms with Gasteiger partial charge in [0, 0.05) is 33.1 Å². The molecule has 4 heteroatoms. The molecular weight excluding hydrogens is 420 g/mol. The average molecular weight is 459 g/mol. The minimum Gasteiger partial charge on any atom is -0.389 e. The van der Waals surface area contributed by atoms with Gasteiger partial charge in [-0.2, -0.15) is 0 Å². The molecule has 1 aliphatic heterocycles. The molecule has 1 heterocycles. The zero-order valence-electron chi connectivity index (χ0n) is 20.8. The third-order valence-electron chi connectivity index (χ3n) is 7.80. The van der Waals surface area contributed by atoms with E-state index in [1.807, 2.05) is 50.5 Å². The van der Waals surface area contributed by atoms with Crippen LogP contribution in [0.15, 0.2) is 84.5 Å². The van der Waals surface area contributed by atoms with Crippen molar-refractivity contribution in [3.05, 3.63) is 95.6 Å². The molecule has 0 aromatic heterocycles. The van der Waals surface area contributed by atoms with Crippen molar-refractivity contribution in [1.82, 2.24) is 9.80 Å². The van der Waals surface area contributed by atoms with Crippen molar-refractivity contribution in [2.75, 3.05) is 33.7 Å². The molecule has 1 amide bonds. The van der Waals surface area contributed by atoms with Gasteiger partial charge in [-0.15, -0.1) is 0 Å². The highest BCUT2D eigenvalue weighted by Gasteiger charge is 2.44. The van der Waals surface area contributed by atoms with E-state index in [0.717, 1.165) is 50.0 Å². The highest BCUT2D eigenvalue weighted by molar-refractivity contribution is 5.91. The third kappa shape index (κ3) is 4.89. The quantitative estimate of drug-likeness (QED) is 0.648. The SMILES string of the molecule is CC1=CCC(C2(O)CCN(CCC(C(=O)N(C)C)(c3ccccc3)c3ccccc3)CC2)C=C1. The van der Waals surface area contributed by atoms with Gasteiger partial charge in [-0.1, -0.05) is 84.5 Å². The Morgan fingerprint density at radius 3 is 2.06 bits per heavy atom. The number of rotatable bonds is 7. The first-order valence-corrected chi connectivity index (χ1v) is 12.5. The van der Waals surface area contributed by atoms with Crippen LogP contribution in [-0.2, 0) is 10.2 Å². The van der Waals surface area contributed by atoms with Crippen LogP contribution >= 0.6 is 0 Å². The van der Waals surface area contributed by atoms with Crippen molar-refractivity contribution in [1.29, 1.82) is 0 Å². The molecule has 0 saturated carbocycles. The number of likely N-dealkylation sites (N-methyl/N-ethyl adjacent to an activating group) is 1. The molecule has 2 aromatic rings. The summed E-state index contributed by atoms with van der Waals surface area (Å²) >= 11 is 0. The molecule has 2 aliphatic rings. The molecule has 1 atom stereocenters. The number of amides is 1. The summed E-state index contributed by atoms with van der Waals surface area (Å²) in [7, 11) is 3.69. The van der Waals surface area contributed by atoms with Crippen LogP contribution in [0, 0.1) is 5.92 Å². The van der Waals surface area contributed by atoms with Crippen molar-refractivity contribution < 1.29 is 9.90 Å². The van der Waals surface area contributed by atoms with Gasteiger partial charge in [0.05, 0.1) is 5.60 Å². The molecule has 4 rings (SSSR count). The molecule has 1 fully saturated rings. The van der Waals surface area contributed by atoms with Crippen LogP contribution in [0.5, 0.6) is 0 Å². The second-order valence-electron chi connectivity index (χ2n) is 10.2. The summed E-state index contributed by atoms with van der Waals surface area (Å²) in [6.45, 7) is 4.61. The van der Waals surface area contributed by atoms with E-state index in [1.165, 1.54) is 5.57 Å². The van der Waals surface area contributed by atoms with Gasteiger partial charge in [0.1, 0.15) is 5.41 Å². The Hall–Kier alpha value is -2.69. The smallest absolute Gasteiger partial charge is 0.237 e. The maximum Gasteiger partial charge on any atom is 0.237 e. The summed E-state index contributed by atoms with van der Waals surface area (Å²) in [6, 6.07) is 20.4. The van der Waals surface area contributed by atoms with Crippen LogP contribution in [-0.4, -0.2) is 60.1 Å². The molecule has 1 aliphatic carbocycles. The number of hydrogen-bond donors (Lipinski definition) is 1. The van der Waals surface area contributed by atoms with Gasteiger partial charge in [0.15, 0.2) is 0 Å². The summed E-state index contributed by atoms with van der Waals surface area (Å²) in [5, 5.41) is 11.4. The van der Waals surface area contributed by atoms with Crippen LogP contribution in [0.2, 0.25) is 0 Å². The lowest BCUT2D eigenvalue weighted by molar-refractivity contribution is -0.134. The fourth-order valence-electron chi connectivity index (χ4n) is 5.62. The molecular formula is C30H38N2O2. The van der Waals surface area contributed by atoms with Gasteiger partial charge in [-0.3, -0.25) is 4.79 Å². The number of piperidine rings is 1. The number of carbonyl (C=O) groups excluding carboxylic acids is 1. The molecule has 4 nitrogen and oxygen atoms in total. The van der Waals surface area contributed by atoms with Crippen molar-refractivity contribution in [3.8, 4) is 0 Å². The number of nitrogens with zero attached hydrogens (tertiary/aromatic N) is 2. The predicted molar refractivity (Wildman–Crippen MR) is 139 cm³/mol. The maximum atomic E-state index is 13.8. The van der Waals surface area contributed by atoms with E-state index in [9.17, 15) is 9.90 Å². The van der Waals surface area contributed by atoms with E-state index in [2.05, 4.69) is 54.3 Å². The van der Waals surface area contributed by atoms with Crippen LogP contribution in [0.4, 0.5) is 0 Å². The lowest BCUT2D eigenvalue weighted by Gasteiger charge is -2.44. The lowest BCUT2D eigenvalue weighted by atomic mass is 9.70. The summed E-state index contributed by atoms with van der Waals surface area (Å²) in [6.07, 6.45) is 9.70. The Morgan fingerprint density at radius 1 is 1.03 bits per heavy atom. The maximum absolute atomic E-state index is 13.8. The molecule has 1 unspecified atom stereocenters. The standard InChI is InChI=1S/C30H38N2O2/c1-24-14-16-25(17-15-24)29(34)18-21-32(22-19-29)23-20-30(28(33)31(2)3,26-10-6-4-7-11-26)27-12-8-5-9-13-27/h4-16,25,34H,17-23H2,1-3H3. The van der Waals surface area contributed by atoms with E-state index in [0.29, 0.717) is 6.42 Å². The molecule has 34 heavy (non-hydrogen) atoms. The third-order valence-corrected chi connectivity index (χ3v) is 7.80. The zero-order chi connectivity index (χ0) is 24.2. The molecule has 180 valence electrons. The van der Waals surface area contributed by atoms with E-state index in [1.54, 1.807) is 4.90 Å². The van der Waals surface area contributed by atoms with Gasteiger partial charge in [0.2, 0.25) is 5.91 Å². The second-order valence-corrected chi connectivity index (χ2v) is 10.2. The van der Waals surface area contributed by atoms with Gasteiger partial charge in [-0.05, 0) is 50.3 Å². The summed E-state index contributed by atoms with van der Waals surface area (Å²) in [4.78, 5) is 18.0. The first kappa shape index (κ1) is 24.4. The van der Waals surface area contributed by atoms with E-state index in [4.69, 9.17) is 0 Å². The number of carbonyl (C=O) groups is 1. The molecule has 1 saturated heterocycles. The topological polar surface area (TPSA) is 43.8 Å². The Bertz CT molecular complexity index is 979. The highest BCUT2D eigenvalue weighted by Crippen LogP contribution is 2.39. The molecule has 1 N–H and O–H groups in total. The fraction of sp³-hybridized carbons (Fsp3) is 0.433. The number of likely N-dealkylation sites (tertiary alicyclic amines) is 1. The summed E-state index contributed by atoms with van der Waals surface area (Å²) in [5.41, 5.74) is 1.96. The number of aliphatic hydroxyl groups is 1. The van der Waals surface area contributed by atoms with E-state index in [-0.39, 0.29) is 11.8 Å². The molecule has 0 spiro atoms. The minimum absolute atomic E-state index is 0.105. The Morgan fingerprint density at radius 2 is 1.59 bits per heavy atom. The minimum atomic E-state index is -0.742. The van der Waals surface area contributed by atoms with Gasteiger partial charge in [0.25, 0.3) is 0 Å². The van der Waals surface area contributed by atoms with Gasteiger partial charge < -0.3 is 14.9 Å². The van der Waals surface area contributed by atoms with Crippen molar-refractivity contribution in [3.63, 3.8) is 0 Å². The Kier molecular flexibility index (Phi) is 7.39. The summed E-state index contributed by atoms with van der Waals surface area (Å²) < 4.78 is 0. The largest absolute Gasteiger partial charge is 0.389 e. The monoisotopic (exact) mass is 458 g/mol. The average Bonchev–Trinajstić information content (AvgIpc) is 2.87. The van der Waals surface area contributed by atoms with Crippen molar-refractivity contribution >= 4 is 5.91 Å². The number of hydrogen-bond acceptors (Lipinski definition) is 3. The first-order valence-electron chi connectivity index (χ1n) is 12.5. The highest BCUT2D eigenvalue weighted by atomic mass is 16.3. The van der Waals surface area contributed by atoms with Crippen LogP contribution in [0.25, 0.3) is 0 Å². The molecule has 0 bridgehead atoms. The fourth-order valence-corrected chi connectivity index (χ4v) is 5.62. The number of benzene rings is 2. The summed E-state index contributed by atoms with van der Waals surface area (Å²) in [5.74, 6) is 0.300. The van der Waals surface area contributed by atoms with E-state index < -0.39 is 11.0 Å². The normalized spacial score (nSPS) is 20.6. The Balaban J connectivity index is 1.54. The lowest BCUT2D eigenvalue weighted by Crippen LogP contribution is -2.51. The predicted octanol–water partition coefficient (Wildman–Crippen LogP) is 4.80. The molecule has 2 aromatic carbocycles. The van der Waals surface area contributed by atoms with Gasteiger partial charge >= 0.3 is 0 Å². The van der Waals surface area contributed by atoms with E-state index >= 15 is 0 Å².